The van der Waals surface area contributed by atoms with Crippen LogP contribution in [0.1, 0.15) is 36.8 Å². The average molecular weight is 420 g/mol. The van der Waals surface area contributed by atoms with Crippen LogP contribution in [0.4, 0.5) is 4.39 Å². The minimum absolute atomic E-state index is 0.0425. The van der Waals surface area contributed by atoms with Gasteiger partial charge in [0.25, 0.3) is 0 Å². The second-order valence-corrected chi connectivity index (χ2v) is 8.40. The zero-order valence-corrected chi connectivity index (χ0v) is 18.0. The van der Waals surface area contributed by atoms with Gasteiger partial charge in [0, 0.05) is 24.5 Å². The molecule has 1 atom stereocenters. The first-order valence-corrected chi connectivity index (χ1v) is 10.4. The molecule has 6 heteroatoms. The van der Waals surface area contributed by atoms with E-state index >= 15 is 0 Å². The molecule has 1 amide bonds. The highest BCUT2D eigenvalue weighted by molar-refractivity contribution is 5.87. The third-order valence-electron chi connectivity index (χ3n) is 5.79. The predicted octanol–water partition coefficient (Wildman–Crippen LogP) is 4.47. The molecule has 31 heavy (non-hydrogen) atoms. The molecule has 0 bridgehead atoms. The van der Waals surface area contributed by atoms with Crippen LogP contribution in [0.25, 0.3) is 11.3 Å². The van der Waals surface area contributed by atoms with Gasteiger partial charge in [-0.1, -0.05) is 42.0 Å². The molecule has 1 aliphatic rings. The van der Waals surface area contributed by atoms with Gasteiger partial charge < -0.3 is 9.64 Å². The summed E-state index contributed by atoms with van der Waals surface area (Å²) in [6, 6.07) is 14.3. The maximum Gasteiger partial charge on any atom is 0.232 e. The molecular weight excluding hydrogens is 393 g/mol. The Labute approximate surface area is 181 Å². The smallest absolute Gasteiger partial charge is 0.232 e. The Bertz CT molecular complexity index is 1080. The highest BCUT2D eigenvalue weighted by Crippen LogP contribution is 2.32. The molecule has 0 N–H and O–H groups in total. The van der Waals surface area contributed by atoms with Crippen LogP contribution in [-0.2, 0) is 14.9 Å². The van der Waals surface area contributed by atoms with E-state index in [2.05, 4.69) is 9.97 Å². The minimum atomic E-state index is -0.663. The van der Waals surface area contributed by atoms with Crippen molar-refractivity contribution in [1.29, 1.82) is 0 Å². The molecule has 0 aliphatic carbocycles. The molecule has 160 valence electrons. The standard InChI is InChI=1S/C25H26FN3O2/c1-17-7-9-19(10-8-17)25(2,3)24(30)29-13-14-31-21(16-29)23-22(27-11-12-28-23)18-5-4-6-20(26)15-18/h4-12,15,21H,13-14,16H2,1-3H3. The molecule has 4 rings (SSSR count). The maximum atomic E-state index is 13.8. The van der Waals surface area contributed by atoms with Crippen LogP contribution in [-0.4, -0.2) is 40.5 Å². The largest absolute Gasteiger partial charge is 0.368 e. The lowest BCUT2D eigenvalue weighted by Crippen LogP contribution is -2.49. The Morgan fingerprint density at radius 1 is 1.13 bits per heavy atom. The van der Waals surface area contributed by atoms with Crippen molar-refractivity contribution in [2.24, 2.45) is 0 Å². The summed E-state index contributed by atoms with van der Waals surface area (Å²) in [7, 11) is 0. The van der Waals surface area contributed by atoms with Crippen LogP contribution in [0, 0.1) is 12.7 Å². The maximum absolute atomic E-state index is 13.8. The Morgan fingerprint density at radius 2 is 1.87 bits per heavy atom. The SMILES string of the molecule is Cc1ccc(C(C)(C)C(=O)N2CCOC(c3nccnc3-c3cccc(F)c3)C2)cc1. The summed E-state index contributed by atoms with van der Waals surface area (Å²) in [5.41, 5.74) is 3.29. The van der Waals surface area contributed by atoms with Crippen molar-refractivity contribution in [2.45, 2.75) is 32.3 Å². The monoisotopic (exact) mass is 419 g/mol. The Kier molecular flexibility index (Phi) is 5.83. The van der Waals surface area contributed by atoms with Crippen LogP contribution < -0.4 is 0 Å². The summed E-state index contributed by atoms with van der Waals surface area (Å²) in [4.78, 5) is 24.2. The quantitative estimate of drug-likeness (QED) is 0.626. The number of hydrogen-bond donors (Lipinski definition) is 0. The van der Waals surface area contributed by atoms with Crippen molar-refractivity contribution in [3.63, 3.8) is 0 Å². The molecule has 1 aliphatic heterocycles. The number of carbonyl (C=O) groups is 1. The van der Waals surface area contributed by atoms with Crippen molar-refractivity contribution in [1.82, 2.24) is 14.9 Å². The molecule has 2 aromatic carbocycles. The van der Waals surface area contributed by atoms with Gasteiger partial charge in [-0.25, -0.2) is 4.39 Å². The molecule has 1 fully saturated rings. The topological polar surface area (TPSA) is 55.3 Å². The normalized spacial score (nSPS) is 16.9. The fraction of sp³-hybridized carbons (Fsp3) is 0.320. The zero-order valence-electron chi connectivity index (χ0n) is 18.0. The van der Waals surface area contributed by atoms with Crippen LogP contribution in [0.2, 0.25) is 0 Å². The van der Waals surface area contributed by atoms with Crippen molar-refractivity contribution in [2.75, 3.05) is 19.7 Å². The Balaban J connectivity index is 1.60. The summed E-state index contributed by atoms with van der Waals surface area (Å²) in [5, 5.41) is 0. The van der Waals surface area contributed by atoms with Crippen molar-refractivity contribution in [3.8, 4) is 11.3 Å². The number of benzene rings is 2. The first-order valence-electron chi connectivity index (χ1n) is 10.4. The van der Waals surface area contributed by atoms with Crippen LogP contribution >= 0.6 is 0 Å². The number of halogens is 1. The third kappa shape index (κ3) is 4.35. The molecule has 1 unspecified atom stereocenters. The third-order valence-corrected chi connectivity index (χ3v) is 5.79. The highest BCUT2D eigenvalue weighted by atomic mass is 19.1. The van der Waals surface area contributed by atoms with Crippen molar-refractivity contribution < 1.29 is 13.9 Å². The Hall–Kier alpha value is -3.12. The van der Waals surface area contributed by atoms with Crippen LogP contribution in [0.15, 0.2) is 60.9 Å². The number of aryl methyl sites for hydroxylation is 1. The number of rotatable bonds is 4. The Morgan fingerprint density at radius 3 is 2.61 bits per heavy atom. The molecule has 1 saturated heterocycles. The zero-order chi connectivity index (χ0) is 22.0. The van der Waals surface area contributed by atoms with Gasteiger partial charge in [0.05, 0.1) is 30.0 Å². The lowest BCUT2D eigenvalue weighted by Gasteiger charge is -2.38. The number of aromatic nitrogens is 2. The summed E-state index contributed by atoms with van der Waals surface area (Å²) in [6.07, 6.45) is 2.74. The number of carbonyl (C=O) groups excluding carboxylic acids is 1. The molecule has 0 saturated carbocycles. The van der Waals surface area contributed by atoms with Gasteiger partial charge in [0.15, 0.2) is 0 Å². The number of morpholine rings is 1. The van der Waals surface area contributed by atoms with E-state index in [4.69, 9.17) is 4.74 Å². The molecule has 2 heterocycles. The molecule has 0 radical (unpaired) electrons. The summed E-state index contributed by atoms with van der Waals surface area (Å²) in [5.74, 6) is -0.295. The lowest BCUT2D eigenvalue weighted by atomic mass is 9.82. The average Bonchev–Trinajstić information content (AvgIpc) is 2.79. The van der Waals surface area contributed by atoms with Gasteiger partial charge >= 0.3 is 0 Å². The number of amides is 1. The van der Waals surface area contributed by atoms with Crippen molar-refractivity contribution >= 4 is 5.91 Å². The number of nitrogens with zero attached hydrogens (tertiary/aromatic N) is 3. The fourth-order valence-corrected chi connectivity index (χ4v) is 3.93. The predicted molar refractivity (Wildman–Crippen MR) is 117 cm³/mol. The van der Waals surface area contributed by atoms with E-state index in [9.17, 15) is 9.18 Å². The van der Waals surface area contributed by atoms with Crippen LogP contribution in [0.5, 0.6) is 0 Å². The van der Waals surface area contributed by atoms with Gasteiger partial charge in [-0.15, -0.1) is 0 Å². The van der Waals surface area contributed by atoms with E-state index in [1.165, 1.54) is 12.1 Å². The second kappa shape index (κ2) is 8.55. The first kappa shape index (κ1) is 21.1. The van der Waals surface area contributed by atoms with E-state index in [1.54, 1.807) is 24.5 Å². The van der Waals surface area contributed by atoms with Gasteiger partial charge in [-0.05, 0) is 38.5 Å². The van der Waals surface area contributed by atoms with Crippen molar-refractivity contribution in [3.05, 3.63) is 83.6 Å². The lowest BCUT2D eigenvalue weighted by molar-refractivity contribution is -0.144. The molecular formula is C25H26FN3O2. The first-order chi connectivity index (χ1) is 14.9. The number of ether oxygens (including phenoxy) is 1. The highest BCUT2D eigenvalue weighted by Gasteiger charge is 2.37. The van der Waals surface area contributed by atoms with E-state index < -0.39 is 11.5 Å². The minimum Gasteiger partial charge on any atom is -0.368 e. The summed E-state index contributed by atoms with van der Waals surface area (Å²) in [6.45, 7) is 7.22. The second-order valence-electron chi connectivity index (χ2n) is 8.40. The number of hydrogen-bond acceptors (Lipinski definition) is 4. The van der Waals surface area contributed by atoms with E-state index in [1.807, 2.05) is 49.9 Å². The van der Waals surface area contributed by atoms with E-state index in [0.29, 0.717) is 36.6 Å². The van der Waals surface area contributed by atoms with Gasteiger partial charge in [-0.2, -0.15) is 0 Å². The summed E-state index contributed by atoms with van der Waals surface area (Å²) >= 11 is 0. The van der Waals surface area contributed by atoms with E-state index in [0.717, 1.165) is 11.1 Å². The van der Waals surface area contributed by atoms with Gasteiger partial charge in [-0.3, -0.25) is 14.8 Å². The van der Waals surface area contributed by atoms with Crippen LogP contribution in [0.3, 0.4) is 0 Å². The molecule has 5 nitrogen and oxygen atoms in total. The molecule has 1 aromatic heterocycles. The summed E-state index contributed by atoms with van der Waals surface area (Å²) < 4.78 is 19.8. The molecule has 0 spiro atoms. The van der Waals surface area contributed by atoms with E-state index in [-0.39, 0.29) is 11.7 Å². The molecule has 3 aromatic rings. The fourth-order valence-electron chi connectivity index (χ4n) is 3.93. The van der Waals surface area contributed by atoms with Gasteiger partial charge in [0.2, 0.25) is 5.91 Å². The van der Waals surface area contributed by atoms with Gasteiger partial charge in [0.1, 0.15) is 11.9 Å².